The topological polar surface area (TPSA) is 33.2 Å². The Morgan fingerprint density at radius 2 is 1.31 bits per heavy atom. The van der Waals surface area contributed by atoms with E-state index in [1.807, 2.05) is 102 Å². The van der Waals surface area contributed by atoms with Crippen molar-refractivity contribution in [1.29, 1.82) is 0 Å². The van der Waals surface area contributed by atoms with Crippen LogP contribution in [-0.2, 0) is 13.1 Å². The van der Waals surface area contributed by atoms with Crippen LogP contribution >= 0.6 is 23.2 Å². The summed E-state index contributed by atoms with van der Waals surface area (Å²) in [6, 6.07) is 34.9. The van der Waals surface area contributed by atoms with Gasteiger partial charge in [0.2, 0.25) is 0 Å². The lowest BCUT2D eigenvalue weighted by Crippen LogP contribution is -2.30. The second-order valence-electron chi connectivity index (χ2n) is 8.33. The van der Waals surface area contributed by atoms with Gasteiger partial charge in [-0.3, -0.25) is 4.79 Å². The number of carbonyl (C=O) groups excluding carboxylic acids is 1. The first kappa shape index (κ1) is 23.1. The molecule has 5 aromatic rings. The summed E-state index contributed by atoms with van der Waals surface area (Å²) in [7, 11) is 0. The molecule has 1 amide bonds. The van der Waals surface area contributed by atoms with E-state index in [9.17, 15) is 4.79 Å². The Morgan fingerprint density at radius 3 is 1.94 bits per heavy atom. The molecule has 1 heterocycles. The SMILES string of the molecule is O=C(c1cc(-c2ccc(Cl)cc2Cl)nc2ccccc12)N(Cc1ccccc1)Cc1ccccc1. The quantitative estimate of drug-likeness (QED) is 0.238. The Bertz CT molecular complexity index is 1450. The number of amides is 1. The number of nitrogens with zero attached hydrogens (tertiary/aromatic N) is 2. The third kappa shape index (κ3) is 5.22. The largest absolute Gasteiger partial charge is 0.330 e. The van der Waals surface area contributed by atoms with Crippen LogP contribution in [0, 0.1) is 0 Å². The molecule has 3 nitrogen and oxygen atoms in total. The monoisotopic (exact) mass is 496 g/mol. The Morgan fingerprint density at radius 1 is 0.714 bits per heavy atom. The average Bonchev–Trinajstić information content (AvgIpc) is 2.88. The number of hydrogen-bond donors (Lipinski definition) is 0. The maximum atomic E-state index is 14.1. The van der Waals surface area contributed by atoms with Crippen LogP contribution in [0.5, 0.6) is 0 Å². The molecule has 0 atom stereocenters. The van der Waals surface area contributed by atoms with E-state index >= 15 is 0 Å². The zero-order valence-corrected chi connectivity index (χ0v) is 20.4. The number of halogens is 2. The number of carbonyl (C=O) groups is 1. The summed E-state index contributed by atoms with van der Waals surface area (Å²) in [5.41, 5.74) is 4.82. The van der Waals surface area contributed by atoms with Crippen LogP contribution in [0.4, 0.5) is 0 Å². The van der Waals surface area contributed by atoms with Crippen molar-refractivity contribution in [1.82, 2.24) is 9.88 Å². The van der Waals surface area contributed by atoms with Crippen molar-refractivity contribution in [3.8, 4) is 11.3 Å². The normalized spacial score (nSPS) is 10.9. The van der Waals surface area contributed by atoms with Crippen molar-refractivity contribution in [3.63, 3.8) is 0 Å². The van der Waals surface area contributed by atoms with E-state index in [0.717, 1.165) is 27.6 Å². The van der Waals surface area contributed by atoms with Crippen molar-refractivity contribution in [2.75, 3.05) is 0 Å². The fourth-order valence-corrected chi connectivity index (χ4v) is 4.67. The summed E-state index contributed by atoms with van der Waals surface area (Å²) in [5, 5.41) is 1.84. The Labute approximate surface area is 214 Å². The zero-order chi connectivity index (χ0) is 24.2. The molecule has 35 heavy (non-hydrogen) atoms. The second-order valence-corrected chi connectivity index (χ2v) is 9.17. The highest BCUT2D eigenvalue weighted by atomic mass is 35.5. The van der Waals surface area contributed by atoms with Gasteiger partial charge in [-0.1, -0.05) is 102 Å². The highest BCUT2D eigenvalue weighted by molar-refractivity contribution is 6.36. The minimum Gasteiger partial charge on any atom is -0.330 e. The van der Waals surface area contributed by atoms with Crippen LogP contribution in [0.2, 0.25) is 10.0 Å². The molecule has 0 bridgehead atoms. The highest BCUT2D eigenvalue weighted by Gasteiger charge is 2.21. The smallest absolute Gasteiger partial charge is 0.255 e. The molecule has 0 N–H and O–H groups in total. The highest BCUT2D eigenvalue weighted by Crippen LogP contribution is 2.32. The molecule has 0 saturated carbocycles. The molecule has 0 aliphatic rings. The first-order chi connectivity index (χ1) is 17.1. The van der Waals surface area contributed by atoms with Crippen molar-refractivity contribution < 1.29 is 4.79 Å². The molecular weight excluding hydrogens is 475 g/mol. The summed E-state index contributed by atoms with van der Waals surface area (Å²) < 4.78 is 0. The summed E-state index contributed by atoms with van der Waals surface area (Å²) in [5.74, 6) is -0.0670. The standard InChI is InChI=1S/C30H22Cl2N2O/c31-23-15-16-25(27(32)17-23)29-18-26(24-13-7-8-14-28(24)33-29)30(35)34(19-21-9-3-1-4-10-21)20-22-11-5-2-6-12-22/h1-18H,19-20H2. The predicted molar refractivity (Wildman–Crippen MR) is 144 cm³/mol. The number of benzene rings is 4. The number of aromatic nitrogens is 1. The molecule has 1 aromatic heterocycles. The van der Waals surface area contributed by atoms with Gasteiger partial charge in [0.25, 0.3) is 5.91 Å². The molecule has 0 aliphatic heterocycles. The van der Waals surface area contributed by atoms with Crippen LogP contribution in [0.25, 0.3) is 22.2 Å². The van der Waals surface area contributed by atoms with Crippen molar-refractivity contribution in [2.24, 2.45) is 0 Å². The number of hydrogen-bond acceptors (Lipinski definition) is 2. The van der Waals surface area contributed by atoms with Crippen molar-refractivity contribution in [3.05, 3.63) is 136 Å². The summed E-state index contributed by atoms with van der Waals surface area (Å²) in [4.78, 5) is 20.8. The number of pyridine rings is 1. The molecule has 0 aliphatic carbocycles. The molecule has 4 aromatic carbocycles. The Kier molecular flexibility index (Phi) is 6.80. The van der Waals surface area contributed by atoms with Crippen LogP contribution in [0.1, 0.15) is 21.5 Å². The van der Waals surface area contributed by atoms with Crippen molar-refractivity contribution >= 4 is 40.0 Å². The summed E-state index contributed by atoms with van der Waals surface area (Å²) in [6.45, 7) is 0.977. The maximum Gasteiger partial charge on any atom is 0.255 e. The van der Waals surface area contributed by atoms with E-state index in [-0.39, 0.29) is 5.91 Å². The van der Waals surface area contributed by atoms with Gasteiger partial charge >= 0.3 is 0 Å². The minimum absolute atomic E-state index is 0.0670. The van der Waals surface area contributed by atoms with E-state index < -0.39 is 0 Å². The van der Waals surface area contributed by atoms with E-state index in [1.54, 1.807) is 12.1 Å². The lowest BCUT2D eigenvalue weighted by Gasteiger charge is -2.24. The molecular formula is C30H22Cl2N2O. The van der Waals surface area contributed by atoms with Gasteiger partial charge in [-0.05, 0) is 41.5 Å². The fourth-order valence-electron chi connectivity index (χ4n) is 4.16. The van der Waals surface area contributed by atoms with Gasteiger partial charge in [0.05, 0.1) is 21.8 Å². The lowest BCUT2D eigenvalue weighted by molar-refractivity contribution is 0.0732. The Balaban J connectivity index is 1.62. The number of fused-ring (bicyclic) bond motifs is 1. The first-order valence-electron chi connectivity index (χ1n) is 11.3. The van der Waals surface area contributed by atoms with Crippen LogP contribution < -0.4 is 0 Å². The molecule has 172 valence electrons. The fraction of sp³-hybridized carbons (Fsp3) is 0.0667. The van der Waals surface area contributed by atoms with Crippen LogP contribution in [-0.4, -0.2) is 15.8 Å². The molecule has 0 spiro atoms. The van der Waals surface area contributed by atoms with E-state index in [2.05, 4.69) is 0 Å². The first-order valence-corrected chi connectivity index (χ1v) is 12.1. The van der Waals surface area contributed by atoms with E-state index in [0.29, 0.717) is 34.4 Å². The van der Waals surface area contributed by atoms with Crippen molar-refractivity contribution in [2.45, 2.75) is 13.1 Å². The van der Waals surface area contributed by atoms with Gasteiger partial charge in [0, 0.05) is 29.1 Å². The average molecular weight is 497 g/mol. The van der Waals surface area contributed by atoms with Gasteiger partial charge in [-0.25, -0.2) is 4.98 Å². The summed E-state index contributed by atoms with van der Waals surface area (Å²) >= 11 is 12.6. The zero-order valence-electron chi connectivity index (χ0n) is 18.9. The second kappa shape index (κ2) is 10.3. The molecule has 5 rings (SSSR count). The van der Waals surface area contributed by atoms with Crippen LogP contribution in [0.15, 0.2) is 109 Å². The van der Waals surface area contributed by atoms with E-state index in [4.69, 9.17) is 28.2 Å². The van der Waals surface area contributed by atoms with Gasteiger partial charge in [0.1, 0.15) is 0 Å². The maximum absolute atomic E-state index is 14.1. The summed E-state index contributed by atoms with van der Waals surface area (Å²) in [6.07, 6.45) is 0. The third-order valence-electron chi connectivity index (χ3n) is 5.87. The van der Waals surface area contributed by atoms with Gasteiger partial charge < -0.3 is 4.90 Å². The molecule has 5 heteroatoms. The molecule has 0 radical (unpaired) electrons. The van der Waals surface area contributed by atoms with E-state index in [1.165, 1.54) is 0 Å². The molecule has 0 unspecified atom stereocenters. The van der Waals surface area contributed by atoms with Gasteiger partial charge in [-0.2, -0.15) is 0 Å². The third-order valence-corrected chi connectivity index (χ3v) is 6.42. The van der Waals surface area contributed by atoms with Gasteiger partial charge in [-0.15, -0.1) is 0 Å². The minimum atomic E-state index is -0.0670. The Hall–Kier alpha value is -3.66. The molecule has 0 fully saturated rings. The van der Waals surface area contributed by atoms with Gasteiger partial charge in [0.15, 0.2) is 0 Å². The van der Waals surface area contributed by atoms with Crippen LogP contribution in [0.3, 0.4) is 0 Å². The molecule has 0 saturated heterocycles. The number of para-hydroxylation sites is 1. The number of rotatable bonds is 6. The predicted octanol–water partition coefficient (Wildman–Crippen LogP) is 8.05. The lowest BCUT2D eigenvalue weighted by atomic mass is 10.0.